The van der Waals surface area contributed by atoms with E-state index in [1.165, 1.54) is 16.3 Å². The van der Waals surface area contributed by atoms with Gasteiger partial charge < -0.3 is 4.74 Å². The molecule has 0 saturated carbocycles. The third-order valence-electron chi connectivity index (χ3n) is 3.36. The molecule has 0 N–H and O–H groups in total. The van der Waals surface area contributed by atoms with Gasteiger partial charge in [0.2, 0.25) is 0 Å². The van der Waals surface area contributed by atoms with Crippen LogP contribution in [0.5, 0.6) is 0 Å². The van der Waals surface area contributed by atoms with E-state index in [2.05, 4.69) is 49.4 Å². The van der Waals surface area contributed by atoms with Crippen LogP contribution in [0, 0.1) is 0 Å². The van der Waals surface area contributed by atoms with Crippen molar-refractivity contribution in [1.29, 1.82) is 0 Å². The van der Waals surface area contributed by atoms with E-state index in [4.69, 9.17) is 4.74 Å². The van der Waals surface area contributed by atoms with Crippen molar-refractivity contribution < 1.29 is 4.74 Å². The predicted molar refractivity (Wildman–Crippen MR) is 61.9 cm³/mol. The van der Waals surface area contributed by atoms with E-state index < -0.39 is 0 Å². The summed E-state index contributed by atoms with van der Waals surface area (Å²) in [6.07, 6.45) is 1.13. The molecule has 1 saturated heterocycles. The summed E-state index contributed by atoms with van der Waals surface area (Å²) < 4.78 is 5.65. The molecule has 76 valence electrons. The van der Waals surface area contributed by atoms with Gasteiger partial charge in [-0.05, 0) is 29.3 Å². The smallest absolute Gasteiger partial charge is 0.0925 e. The highest BCUT2D eigenvalue weighted by Gasteiger charge is 2.34. The van der Waals surface area contributed by atoms with Crippen LogP contribution in [0.25, 0.3) is 10.8 Å². The Balaban J connectivity index is 2.14. The standard InChI is InChI=1S/C14H14O/c1-14(8-9-15-14)13-7-6-11-4-2-3-5-12(11)10-13/h2-7,10H,8-9H2,1H3. The van der Waals surface area contributed by atoms with Crippen LogP contribution in [0.3, 0.4) is 0 Å². The molecule has 2 aromatic carbocycles. The van der Waals surface area contributed by atoms with E-state index in [1.807, 2.05) is 0 Å². The molecular weight excluding hydrogens is 184 g/mol. The van der Waals surface area contributed by atoms with Gasteiger partial charge in [0, 0.05) is 6.42 Å². The maximum atomic E-state index is 5.65. The van der Waals surface area contributed by atoms with Crippen LogP contribution in [0.1, 0.15) is 18.9 Å². The van der Waals surface area contributed by atoms with E-state index in [-0.39, 0.29) is 5.60 Å². The van der Waals surface area contributed by atoms with Crippen molar-refractivity contribution in [3.63, 3.8) is 0 Å². The van der Waals surface area contributed by atoms with Gasteiger partial charge >= 0.3 is 0 Å². The second-order valence-electron chi connectivity index (χ2n) is 4.39. The first-order valence-electron chi connectivity index (χ1n) is 5.41. The number of ether oxygens (including phenoxy) is 1. The van der Waals surface area contributed by atoms with Crippen molar-refractivity contribution >= 4 is 10.8 Å². The van der Waals surface area contributed by atoms with Crippen LogP contribution >= 0.6 is 0 Å². The quantitative estimate of drug-likeness (QED) is 0.681. The molecule has 1 unspecified atom stereocenters. The second-order valence-corrected chi connectivity index (χ2v) is 4.39. The highest BCUT2D eigenvalue weighted by atomic mass is 16.5. The van der Waals surface area contributed by atoms with E-state index >= 15 is 0 Å². The fraction of sp³-hybridized carbons (Fsp3) is 0.286. The van der Waals surface area contributed by atoms with Crippen LogP contribution < -0.4 is 0 Å². The minimum Gasteiger partial charge on any atom is -0.370 e. The van der Waals surface area contributed by atoms with Gasteiger partial charge in [-0.2, -0.15) is 0 Å². The summed E-state index contributed by atoms with van der Waals surface area (Å²) in [7, 11) is 0. The average molecular weight is 198 g/mol. The molecule has 2 aromatic rings. The van der Waals surface area contributed by atoms with Crippen molar-refractivity contribution in [2.24, 2.45) is 0 Å². The first kappa shape index (κ1) is 8.93. The summed E-state index contributed by atoms with van der Waals surface area (Å²) in [4.78, 5) is 0. The van der Waals surface area contributed by atoms with Crippen LogP contribution in [0.2, 0.25) is 0 Å². The Hall–Kier alpha value is -1.34. The molecule has 1 aliphatic heterocycles. The first-order chi connectivity index (χ1) is 7.28. The Labute approximate surface area is 89.7 Å². The molecule has 0 aliphatic carbocycles. The topological polar surface area (TPSA) is 9.23 Å². The third-order valence-corrected chi connectivity index (χ3v) is 3.36. The maximum absolute atomic E-state index is 5.65. The lowest BCUT2D eigenvalue weighted by atomic mass is 9.87. The zero-order valence-corrected chi connectivity index (χ0v) is 8.86. The zero-order chi connectivity index (χ0) is 10.3. The van der Waals surface area contributed by atoms with Crippen molar-refractivity contribution in [1.82, 2.24) is 0 Å². The largest absolute Gasteiger partial charge is 0.370 e. The molecular formula is C14H14O. The molecule has 1 aliphatic rings. The Bertz CT molecular complexity index is 497. The molecule has 0 radical (unpaired) electrons. The number of rotatable bonds is 1. The van der Waals surface area contributed by atoms with Gasteiger partial charge in [-0.1, -0.05) is 36.4 Å². The van der Waals surface area contributed by atoms with Crippen molar-refractivity contribution in [2.75, 3.05) is 6.61 Å². The molecule has 1 heterocycles. The van der Waals surface area contributed by atoms with Gasteiger partial charge in [-0.3, -0.25) is 0 Å². The molecule has 3 rings (SSSR count). The highest BCUT2D eigenvalue weighted by molar-refractivity contribution is 5.83. The molecule has 1 fully saturated rings. The second kappa shape index (κ2) is 3.07. The Kier molecular flexibility index (Phi) is 1.83. The van der Waals surface area contributed by atoms with Crippen LogP contribution in [-0.2, 0) is 10.3 Å². The minimum absolute atomic E-state index is 0.0377. The summed E-state index contributed by atoms with van der Waals surface area (Å²) in [6, 6.07) is 15.1. The Morgan fingerprint density at radius 3 is 2.47 bits per heavy atom. The lowest BCUT2D eigenvalue weighted by Gasteiger charge is -2.39. The highest BCUT2D eigenvalue weighted by Crippen LogP contribution is 2.37. The van der Waals surface area contributed by atoms with Crippen molar-refractivity contribution in [3.05, 3.63) is 48.0 Å². The summed E-state index contributed by atoms with van der Waals surface area (Å²) in [5.41, 5.74) is 1.26. The summed E-state index contributed by atoms with van der Waals surface area (Å²) in [6.45, 7) is 3.06. The van der Waals surface area contributed by atoms with E-state index in [0.29, 0.717) is 0 Å². The fourth-order valence-electron chi connectivity index (χ4n) is 2.15. The molecule has 1 heteroatoms. The summed E-state index contributed by atoms with van der Waals surface area (Å²) >= 11 is 0. The van der Waals surface area contributed by atoms with Gasteiger partial charge in [-0.25, -0.2) is 0 Å². The molecule has 15 heavy (non-hydrogen) atoms. The van der Waals surface area contributed by atoms with Gasteiger partial charge in [-0.15, -0.1) is 0 Å². The van der Waals surface area contributed by atoms with E-state index in [1.54, 1.807) is 0 Å². The third kappa shape index (κ3) is 1.35. The normalized spacial score (nSPS) is 25.1. The van der Waals surface area contributed by atoms with E-state index in [9.17, 15) is 0 Å². The zero-order valence-electron chi connectivity index (χ0n) is 8.86. The van der Waals surface area contributed by atoms with Gasteiger partial charge in [0.05, 0.1) is 12.2 Å². The van der Waals surface area contributed by atoms with Crippen LogP contribution in [0.4, 0.5) is 0 Å². The SMILES string of the molecule is CC1(c2ccc3ccccc3c2)CCO1. The van der Waals surface area contributed by atoms with Crippen molar-refractivity contribution in [3.8, 4) is 0 Å². The monoisotopic (exact) mass is 198 g/mol. The Morgan fingerprint density at radius 1 is 1.07 bits per heavy atom. The van der Waals surface area contributed by atoms with Crippen LogP contribution in [0.15, 0.2) is 42.5 Å². The predicted octanol–water partition coefficient (Wildman–Crippen LogP) is 3.48. The number of hydrogen-bond acceptors (Lipinski definition) is 1. The lowest BCUT2D eigenvalue weighted by molar-refractivity contribution is -0.140. The summed E-state index contributed by atoms with van der Waals surface area (Å²) in [5, 5.41) is 2.59. The van der Waals surface area contributed by atoms with Gasteiger partial charge in [0.1, 0.15) is 0 Å². The Morgan fingerprint density at radius 2 is 1.80 bits per heavy atom. The van der Waals surface area contributed by atoms with Gasteiger partial charge in [0.25, 0.3) is 0 Å². The number of hydrogen-bond donors (Lipinski definition) is 0. The average Bonchev–Trinajstić information content (AvgIpc) is 2.25. The molecule has 0 aromatic heterocycles. The summed E-state index contributed by atoms with van der Waals surface area (Å²) in [5.74, 6) is 0. The van der Waals surface area contributed by atoms with Gasteiger partial charge in [0.15, 0.2) is 0 Å². The fourth-order valence-corrected chi connectivity index (χ4v) is 2.15. The molecule has 0 amide bonds. The minimum atomic E-state index is -0.0377. The lowest BCUT2D eigenvalue weighted by Crippen LogP contribution is -2.37. The van der Waals surface area contributed by atoms with Crippen LogP contribution in [-0.4, -0.2) is 6.61 Å². The first-order valence-corrected chi connectivity index (χ1v) is 5.41. The maximum Gasteiger partial charge on any atom is 0.0925 e. The van der Waals surface area contributed by atoms with E-state index in [0.717, 1.165) is 13.0 Å². The molecule has 1 atom stereocenters. The molecule has 0 bridgehead atoms. The number of benzene rings is 2. The molecule has 1 nitrogen and oxygen atoms in total. The molecule has 0 spiro atoms. The number of fused-ring (bicyclic) bond motifs is 1. The van der Waals surface area contributed by atoms with Crippen molar-refractivity contribution in [2.45, 2.75) is 18.9 Å².